The van der Waals surface area contributed by atoms with Crippen molar-refractivity contribution < 1.29 is 46.2 Å². The van der Waals surface area contributed by atoms with Crippen LogP contribution in [0.2, 0.25) is 0 Å². The lowest BCUT2D eigenvalue weighted by Crippen LogP contribution is -2.24. The Balaban J connectivity index is 0.000000782. The van der Waals surface area contributed by atoms with E-state index in [9.17, 15) is 36.3 Å². The van der Waals surface area contributed by atoms with Crippen molar-refractivity contribution in [1.82, 2.24) is 14.8 Å². The Morgan fingerprint density at radius 1 is 1.07 bits per heavy atom. The molecular formula is C26H30F3N5O7S. The number of sulfonamides is 1. The minimum atomic E-state index is -5.08. The molecule has 0 spiro atoms. The monoisotopic (exact) mass is 613 g/mol. The van der Waals surface area contributed by atoms with Crippen molar-refractivity contribution in [2.45, 2.75) is 44.7 Å². The third-order valence-electron chi connectivity index (χ3n) is 6.11. The molecular weight excluding hydrogens is 583 g/mol. The van der Waals surface area contributed by atoms with Crippen LogP contribution in [-0.2, 0) is 28.3 Å². The molecule has 3 aromatic rings. The van der Waals surface area contributed by atoms with E-state index in [1.807, 2.05) is 25.6 Å². The van der Waals surface area contributed by atoms with Crippen molar-refractivity contribution in [3.05, 3.63) is 64.6 Å². The number of aromatic nitrogens is 3. The van der Waals surface area contributed by atoms with E-state index in [2.05, 4.69) is 14.8 Å². The standard InChI is InChI=1S/C24H29N5O5S.C2HF3O2/c1-15-21(16(2)29(5)26-15)7-6-12-28(4)23-22(13-19(14-25-23)24(31)32)27-35(33,34)20-10-8-18(9-11-20)17(3)30;3-2(4,5)1(6)7/h8-11,13-14,27H,6-7,12H2,1-5H3,(H,31,32);(H,6,7). The fraction of sp³-hybridized carbons (Fsp3) is 0.346. The van der Waals surface area contributed by atoms with Gasteiger partial charge >= 0.3 is 18.1 Å². The maximum Gasteiger partial charge on any atom is 0.490 e. The van der Waals surface area contributed by atoms with Crippen LogP contribution in [-0.4, -0.2) is 70.9 Å². The maximum absolute atomic E-state index is 13.0. The molecule has 16 heteroatoms. The largest absolute Gasteiger partial charge is 0.490 e. The molecule has 12 nitrogen and oxygen atoms in total. The number of aliphatic carboxylic acids is 1. The SMILES string of the molecule is CC(=O)c1ccc(S(=O)(=O)Nc2cc(C(=O)O)cnc2N(C)CCCc2c(C)nn(C)c2C)cc1.O=C(O)C(F)(F)F. The molecule has 1 aromatic carbocycles. The summed E-state index contributed by atoms with van der Waals surface area (Å²) in [7, 11) is -0.388. The van der Waals surface area contributed by atoms with Gasteiger partial charge in [0, 0.05) is 38.1 Å². The van der Waals surface area contributed by atoms with Crippen LogP contribution >= 0.6 is 0 Å². The summed E-state index contributed by atoms with van der Waals surface area (Å²) in [6, 6.07) is 6.76. The second-order valence-electron chi connectivity index (χ2n) is 9.19. The third kappa shape index (κ3) is 8.76. The van der Waals surface area contributed by atoms with E-state index in [0.717, 1.165) is 24.2 Å². The highest BCUT2D eigenvalue weighted by molar-refractivity contribution is 7.92. The first-order valence-corrected chi connectivity index (χ1v) is 13.7. The lowest BCUT2D eigenvalue weighted by molar-refractivity contribution is -0.192. The van der Waals surface area contributed by atoms with Gasteiger partial charge in [-0.1, -0.05) is 12.1 Å². The van der Waals surface area contributed by atoms with Crippen LogP contribution in [0.5, 0.6) is 0 Å². The predicted molar refractivity (Wildman–Crippen MR) is 146 cm³/mol. The summed E-state index contributed by atoms with van der Waals surface area (Å²) in [6.07, 6.45) is -2.35. The third-order valence-corrected chi connectivity index (χ3v) is 7.49. The summed E-state index contributed by atoms with van der Waals surface area (Å²) in [5.74, 6) is -3.85. The Kier molecular flexibility index (Phi) is 10.8. The second kappa shape index (κ2) is 13.5. The smallest absolute Gasteiger partial charge is 0.478 e. The van der Waals surface area contributed by atoms with Gasteiger partial charge in [-0.25, -0.2) is 23.0 Å². The number of alkyl halides is 3. The highest BCUT2D eigenvalue weighted by Crippen LogP contribution is 2.27. The second-order valence-corrected chi connectivity index (χ2v) is 10.9. The number of carboxylic acids is 2. The molecule has 0 aliphatic heterocycles. The predicted octanol–water partition coefficient (Wildman–Crippen LogP) is 3.84. The number of carboxylic acid groups (broad SMARTS) is 2. The van der Waals surface area contributed by atoms with Crippen LogP contribution in [0.25, 0.3) is 0 Å². The molecule has 0 atom stereocenters. The minimum Gasteiger partial charge on any atom is -0.478 e. The van der Waals surface area contributed by atoms with Gasteiger partial charge in [-0.05, 0) is 57.4 Å². The average molecular weight is 614 g/mol. The van der Waals surface area contributed by atoms with Gasteiger partial charge in [0.2, 0.25) is 0 Å². The number of rotatable bonds is 10. The molecule has 0 radical (unpaired) electrons. The molecule has 0 fully saturated rings. The van der Waals surface area contributed by atoms with Gasteiger partial charge in [0.25, 0.3) is 10.0 Å². The highest BCUT2D eigenvalue weighted by atomic mass is 32.2. The number of anilines is 2. The molecule has 228 valence electrons. The Labute approximate surface area is 239 Å². The van der Waals surface area contributed by atoms with Gasteiger partial charge in [-0.3, -0.25) is 14.2 Å². The van der Waals surface area contributed by atoms with E-state index in [1.54, 1.807) is 11.9 Å². The number of carbonyl (C=O) groups is 3. The van der Waals surface area contributed by atoms with Crippen LogP contribution in [0.1, 0.15) is 51.0 Å². The molecule has 0 saturated carbocycles. The Hall–Kier alpha value is -4.47. The number of hydrogen-bond acceptors (Lipinski definition) is 8. The normalized spacial score (nSPS) is 11.3. The van der Waals surface area contributed by atoms with E-state index < -0.39 is 28.1 Å². The number of hydrogen-bond donors (Lipinski definition) is 3. The first-order valence-electron chi connectivity index (χ1n) is 12.2. The van der Waals surface area contributed by atoms with Gasteiger partial charge in [0.05, 0.1) is 21.8 Å². The van der Waals surface area contributed by atoms with Crippen LogP contribution in [0.4, 0.5) is 24.7 Å². The lowest BCUT2D eigenvalue weighted by atomic mass is 10.1. The number of pyridine rings is 1. The molecule has 0 amide bonds. The average Bonchev–Trinajstić information content (AvgIpc) is 3.13. The number of benzene rings is 1. The molecule has 0 saturated heterocycles. The van der Waals surface area contributed by atoms with Crippen molar-refractivity contribution in [3.63, 3.8) is 0 Å². The molecule has 0 aliphatic rings. The fourth-order valence-electron chi connectivity index (χ4n) is 3.80. The summed E-state index contributed by atoms with van der Waals surface area (Å²) in [4.78, 5) is 37.8. The quantitative estimate of drug-likeness (QED) is 0.285. The molecule has 0 aliphatic carbocycles. The number of aryl methyl sites for hydroxylation is 2. The number of aromatic carboxylic acids is 1. The first kappa shape index (κ1) is 33.7. The van der Waals surface area contributed by atoms with Crippen LogP contribution in [0, 0.1) is 13.8 Å². The maximum atomic E-state index is 13.0. The van der Waals surface area contributed by atoms with Gasteiger partial charge in [-0.15, -0.1) is 0 Å². The molecule has 2 heterocycles. The van der Waals surface area contributed by atoms with Crippen molar-refractivity contribution in [1.29, 1.82) is 0 Å². The molecule has 2 aromatic heterocycles. The number of ketones is 1. The Morgan fingerprint density at radius 2 is 1.64 bits per heavy atom. The lowest BCUT2D eigenvalue weighted by Gasteiger charge is -2.22. The summed E-state index contributed by atoms with van der Waals surface area (Å²) in [6.45, 7) is 5.92. The van der Waals surface area contributed by atoms with Gasteiger partial charge in [0.15, 0.2) is 11.6 Å². The van der Waals surface area contributed by atoms with E-state index in [0.29, 0.717) is 17.9 Å². The molecule has 3 rings (SSSR count). The van der Waals surface area contributed by atoms with Gasteiger partial charge in [-0.2, -0.15) is 18.3 Å². The number of nitrogens with one attached hydrogen (secondary N) is 1. The van der Waals surface area contributed by atoms with Crippen LogP contribution in [0.3, 0.4) is 0 Å². The van der Waals surface area contributed by atoms with Crippen molar-refractivity contribution in [3.8, 4) is 0 Å². The van der Waals surface area contributed by atoms with Crippen molar-refractivity contribution in [2.75, 3.05) is 23.2 Å². The van der Waals surface area contributed by atoms with Crippen LogP contribution < -0.4 is 9.62 Å². The molecule has 0 unspecified atom stereocenters. The zero-order chi connectivity index (χ0) is 32.0. The molecule has 3 N–H and O–H groups in total. The zero-order valence-corrected chi connectivity index (χ0v) is 24.2. The van der Waals surface area contributed by atoms with Crippen LogP contribution in [0.15, 0.2) is 41.4 Å². The van der Waals surface area contributed by atoms with Crippen molar-refractivity contribution >= 4 is 39.3 Å². The van der Waals surface area contributed by atoms with Gasteiger partial charge < -0.3 is 15.1 Å². The number of Topliss-reactive ketones (excluding diaryl/α,β-unsaturated/α-hetero) is 1. The zero-order valence-electron chi connectivity index (χ0n) is 23.4. The minimum absolute atomic E-state index is 0.0526. The Morgan fingerprint density at radius 3 is 2.10 bits per heavy atom. The Bertz CT molecular complexity index is 1570. The van der Waals surface area contributed by atoms with E-state index in [1.165, 1.54) is 49.0 Å². The van der Waals surface area contributed by atoms with E-state index >= 15 is 0 Å². The number of nitrogens with zero attached hydrogens (tertiary/aromatic N) is 4. The first-order chi connectivity index (χ1) is 19.3. The summed E-state index contributed by atoms with van der Waals surface area (Å²) < 4.78 is 62.1. The molecule has 42 heavy (non-hydrogen) atoms. The summed E-state index contributed by atoms with van der Waals surface area (Å²) >= 11 is 0. The van der Waals surface area contributed by atoms with Gasteiger partial charge in [0.1, 0.15) is 0 Å². The topological polar surface area (TPSA) is 172 Å². The summed E-state index contributed by atoms with van der Waals surface area (Å²) in [5, 5.41) is 20.9. The number of carbonyl (C=O) groups excluding carboxylic acids is 1. The fourth-order valence-corrected chi connectivity index (χ4v) is 4.86. The molecule has 0 bridgehead atoms. The highest BCUT2D eigenvalue weighted by Gasteiger charge is 2.38. The van der Waals surface area contributed by atoms with E-state index in [-0.39, 0.29) is 21.9 Å². The van der Waals surface area contributed by atoms with Crippen molar-refractivity contribution in [2.24, 2.45) is 7.05 Å². The summed E-state index contributed by atoms with van der Waals surface area (Å²) in [5.41, 5.74) is 3.53. The number of halogens is 3. The van der Waals surface area contributed by atoms with E-state index in [4.69, 9.17) is 9.90 Å².